The average Bonchev–Trinajstić information content (AvgIpc) is 3.25. The summed E-state index contributed by atoms with van der Waals surface area (Å²) in [5, 5.41) is 27.8. The summed E-state index contributed by atoms with van der Waals surface area (Å²) in [6.07, 6.45) is 6.53. The second kappa shape index (κ2) is 13.2. The molecule has 4 saturated heterocycles. The fourth-order valence-electron chi connectivity index (χ4n) is 6.32. The van der Waals surface area contributed by atoms with Gasteiger partial charge in [-0.3, -0.25) is 19.3 Å². The molecule has 4 heterocycles. The lowest BCUT2D eigenvalue weighted by atomic mass is 9.74. The number of fused-ring (bicyclic) bond motifs is 4. The standard InChI is InChI=1S/C23H33N3O2.2C2H4O2/c27-20-11-21(24-12-20)23(28)25-13-17-9-18(15-25)22-8-4-7-19(26(22)14-17)10-16-5-2-1-3-6-16;2*1-2(3)4/h1-3,5-6,17-22,24,27H,4,7-15H2;2*1H3,(H,3,4)/t17-,18+,19+,20+,21+,22-;;/m0../s1. The second-order valence-electron chi connectivity index (χ2n) is 10.5. The van der Waals surface area contributed by atoms with Crippen molar-refractivity contribution >= 4 is 17.8 Å². The van der Waals surface area contributed by atoms with Gasteiger partial charge in [-0.05, 0) is 49.5 Å². The van der Waals surface area contributed by atoms with Crippen molar-refractivity contribution in [1.82, 2.24) is 15.1 Å². The highest BCUT2D eigenvalue weighted by Gasteiger charge is 2.46. The van der Waals surface area contributed by atoms with E-state index in [2.05, 4.69) is 45.4 Å². The highest BCUT2D eigenvalue weighted by Crippen LogP contribution is 2.40. The van der Waals surface area contributed by atoms with E-state index in [1.54, 1.807) is 0 Å². The van der Waals surface area contributed by atoms with Crippen molar-refractivity contribution < 1.29 is 29.7 Å². The van der Waals surface area contributed by atoms with Crippen molar-refractivity contribution in [2.24, 2.45) is 11.8 Å². The van der Waals surface area contributed by atoms with Crippen LogP contribution < -0.4 is 5.32 Å². The number of carbonyl (C=O) groups is 3. The van der Waals surface area contributed by atoms with Crippen molar-refractivity contribution in [1.29, 1.82) is 0 Å². The molecule has 1 amide bonds. The maximum absolute atomic E-state index is 13.0. The van der Waals surface area contributed by atoms with Crippen LogP contribution in [0, 0.1) is 11.8 Å². The zero-order valence-electron chi connectivity index (χ0n) is 21.4. The van der Waals surface area contributed by atoms with Gasteiger partial charge in [-0.2, -0.15) is 0 Å². The van der Waals surface area contributed by atoms with E-state index in [4.69, 9.17) is 19.8 Å². The van der Waals surface area contributed by atoms with Crippen molar-refractivity contribution in [3.8, 4) is 0 Å². The van der Waals surface area contributed by atoms with Crippen molar-refractivity contribution in [3.63, 3.8) is 0 Å². The first kappa shape index (κ1) is 28.1. The van der Waals surface area contributed by atoms with Crippen LogP contribution in [0.2, 0.25) is 0 Å². The van der Waals surface area contributed by atoms with E-state index in [1.165, 1.54) is 31.2 Å². The van der Waals surface area contributed by atoms with Gasteiger partial charge in [0.05, 0.1) is 12.1 Å². The molecule has 36 heavy (non-hydrogen) atoms. The molecular formula is C27H41N3O6. The molecule has 5 rings (SSSR count). The zero-order chi connectivity index (χ0) is 26.2. The lowest BCUT2D eigenvalue weighted by Crippen LogP contribution is -2.63. The number of aliphatic hydroxyl groups excluding tert-OH is 1. The Labute approximate surface area is 213 Å². The molecule has 0 aromatic heterocycles. The van der Waals surface area contributed by atoms with E-state index < -0.39 is 11.9 Å². The fraction of sp³-hybridized carbons (Fsp3) is 0.667. The van der Waals surface area contributed by atoms with Gasteiger partial charge in [-0.25, -0.2) is 0 Å². The zero-order valence-corrected chi connectivity index (χ0v) is 21.4. The van der Waals surface area contributed by atoms with E-state index >= 15 is 0 Å². The summed E-state index contributed by atoms with van der Waals surface area (Å²) in [5.41, 5.74) is 1.45. The molecule has 0 unspecified atom stereocenters. The van der Waals surface area contributed by atoms with Crippen LogP contribution in [-0.4, -0.2) is 93.4 Å². The number of amides is 1. The minimum absolute atomic E-state index is 0.179. The molecule has 9 nitrogen and oxygen atoms in total. The third kappa shape index (κ3) is 8.01. The SMILES string of the molecule is CC(=O)O.CC(=O)O.O=C([C@H]1C[C@@H](O)CN1)N1C[C@@H]2C[C@H](C1)[C@@H]1CCC[C@H](Cc3ccccc3)N1C2. The summed E-state index contributed by atoms with van der Waals surface area (Å²) in [7, 11) is 0. The Morgan fingerprint density at radius 1 is 0.972 bits per heavy atom. The lowest BCUT2D eigenvalue weighted by molar-refractivity contribution is -0.141. The summed E-state index contributed by atoms with van der Waals surface area (Å²) >= 11 is 0. The molecule has 2 bridgehead atoms. The Morgan fingerprint density at radius 3 is 2.25 bits per heavy atom. The molecule has 9 heteroatoms. The van der Waals surface area contributed by atoms with E-state index in [-0.39, 0.29) is 18.1 Å². The van der Waals surface area contributed by atoms with Crippen molar-refractivity contribution in [2.75, 3.05) is 26.2 Å². The molecule has 4 N–H and O–H groups in total. The molecular weight excluding hydrogens is 462 g/mol. The first-order valence-corrected chi connectivity index (χ1v) is 13.0. The molecule has 4 fully saturated rings. The van der Waals surface area contributed by atoms with E-state index in [9.17, 15) is 9.90 Å². The topological polar surface area (TPSA) is 130 Å². The predicted molar refractivity (Wildman–Crippen MR) is 135 cm³/mol. The van der Waals surface area contributed by atoms with Gasteiger partial charge in [0.2, 0.25) is 5.91 Å². The van der Waals surface area contributed by atoms with Gasteiger partial charge >= 0.3 is 0 Å². The Kier molecular flexibility index (Phi) is 10.3. The third-order valence-electron chi connectivity index (χ3n) is 7.55. The normalized spacial score (nSPS) is 31.1. The smallest absolute Gasteiger partial charge is 0.300 e. The highest BCUT2D eigenvalue weighted by molar-refractivity contribution is 5.82. The molecule has 200 valence electrons. The first-order chi connectivity index (χ1) is 17.1. The number of benzene rings is 1. The molecule has 1 aromatic carbocycles. The molecule has 0 aliphatic carbocycles. The van der Waals surface area contributed by atoms with Crippen LogP contribution in [0.5, 0.6) is 0 Å². The quantitative estimate of drug-likeness (QED) is 0.492. The largest absolute Gasteiger partial charge is 0.481 e. The van der Waals surface area contributed by atoms with Crippen LogP contribution in [0.3, 0.4) is 0 Å². The summed E-state index contributed by atoms with van der Waals surface area (Å²) in [4.78, 5) is 35.9. The molecule has 0 spiro atoms. The molecule has 0 saturated carbocycles. The van der Waals surface area contributed by atoms with Crippen LogP contribution in [-0.2, 0) is 20.8 Å². The number of β-amino-alcohol motifs (C(OH)–C–C–N with tert-alkyl or cyclic N) is 1. The van der Waals surface area contributed by atoms with Gasteiger partial charge in [0.15, 0.2) is 0 Å². The molecule has 4 aliphatic rings. The molecule has 4 aliphatic heterocycles. The third-order valence-corrected chi connectivity index (χ3v) is 7.55. The minimum Gasteiger partial charge on any atom is -0.481 e. The molecule has 0 radical (unpaired) electrons. The lowest BCUT2D eigenvalue weighted by Gasteiger charge is -2.55. The van der Waals surface area contributed by atoms with Gasteiger partial charge in [0, 0.05) is 52.1 Å². The van der Waals surface area contributed by atoms with Crippen LogP contribution >= 0.6 is 0 Å². The van der Waals surface area contributed by atoms with Crippen molar-refractivity contribution in [2.45, 2.75) is 76.6 Å². The van der Waals surface area contributed by atoms with Gasteiger partial charge in [-0.15, -0.1) is 0 Å². The number of aliphatic carboxylic acids is 2. The molecule has 6 atom stereocenters. The first-order valence-electron chi connectivity index (χ1n) is 13.0. The maximum atomic E-state index is 13.0. The highest BCUT2D eigenvalue weighted by atomic mass is 16.4. The van der Waals surface area contributed by atoms with Gasteiger partial charge in [-0.1, -0.05) is 36.8 Å². The summed E-state index contributed by atoms with van der Waals surface area (Å²) in [6, 6.07) is 12.0. The van der Waals surface area contributed by atoms with Crippen molar-refractivity contribution in [3.05, 3.63) is 35.9 Å². The van der Waals surface area contributed by atoms with Crippen LogP contribution in [0.1, 0.15) is 51.5 Å². The molecule has 1 aromatic rings. The monoisotopic (exact) mass is 503 g/mol. The van der Waals surface area contributed by atoms with E-state index in [1.807, 2.05) is 0 Å². The fourth-order valence-corrected chi connectivity index (χ4v) is 6.32. The second-order valence-corrected chi connectivity index (χ2v) is 10.5. The number of carboxylic acid groups (broad SMARTS) is 2. The summed E-state index contributed by atoms with van der Waals surface area (Å²) < 4.78 is 0. The van der Waals surface area contributed by atoms with Crippen LogP contribution in [0.4, 0.5) is 0 Å². The number of nitrogens with one attached hydrogen (secondary N) is 1. The number of carboxylic acids is 2. The average molecular weight is 504 g/mol. The number of hydrogen-bond donors (Lipinski definition) is 4. The number of hydrogen-bond acceptors (Lipinski definition) is 6. The predicted octanol–water partition coefficient (Wildman–Crippen LogP) is 1.84. The van der Waals surface area contributed by atoms with Crippen LogP contribution in [0.15, 0.2) is 30.3 Å². The Morgan fingerprint density at radius 2 is 1.64 bits per heavy atom. The summed E-state index contributed by atoms with van der Waals surface area (Å²) in [6.45, 7) is 5.66. The number of rotatable bonds is 3. The van der Waals surface area contributed by atoms with E-state index in [0.717, 1.165) is 39.9 Å². The number of aliphatic hydroxyl groups is 1. The minimum atomic E-state index is -0.833. The number of piperidine rings is 3. The Balaban J connectivity index is 0.000000398. The van der Waals surface area contributed by atoms with Gasteiger partial charge < -0.3 is 25.5 Å². The van der Waals surface area contributed by atoms with Gasteiger partial charge in [0.25, 0.3) is 11.9 Å². The van der Waals surface area contributed by atoms with Crippen LogP contribution in [0.25, 0.3) is 0 Å². The Hall–Kier alpha value is -2.49. The number of nitrogens with zero attached hydrogens (tertiary/aromatic N) is 2. The van der Waals surface area contributed by atoms with Gasteiger partial charge in [0.1, 0.15) is 0 Å². The van der Waals surface area contributed by atoms with E-state index in [0.29, 0.717) is 36.9 Å². The number of carbonyl (C=O) groups excluding carboxylic acids is 1. The Bertz CT molecular complexity index is 862. The summed E-state index contributed by atoms with van der Waals surface area (Å²) in [5.74, 6) is -0.237. The maximum Gasteiger partial charge on any atom is 0.300 e. The number of likely N-dealkylation sites (tertiary alicyclic amines) is 1.